The van der Waals surface area contributed by atoms with Crippen molar-refractivity contribution in [3.8, 4) is 28.4 Å². The lowest BCUT2D eigenvalue weighted by atomic mass is 10.1. The fraction of sp³-hybridized carbons (Fsp3) is 0.0909. The van der Waals surface area contributed by atoms with Gasteiger partial charge in [-0.1, -0.05) is 48.5 Å². The first-order valence-corrected chi connectivity index (χ1v) is 8.78. The Morgan fingerprint density at radius 2 is 1.79 bits per heavy atom. The molecule has 3 aromatic rings. The van der Waals surface area contributed by atoms with Crippen LogP contribution in [0, 0.1) is 0 Å². The zero-order valence-electron chi connectivity index (χ0n) is 15.0. The van der Waals surface area contributed by atoms with Gasteiger partial charge in [-0.05, 0) is 35.4 Å². The number of hydrazone groups is 1. The lowest BCUT2D eigenvalue weighted by molar-refractivity contribution is -0.123. The number of para-hydroxylation sites is 1. The summed E-state index contributed by atoms with van der Waals surface area (Å²) in [7, 11) is 0. The first-order chi connectivity index (χ1) is 13.8. The van der Waals surface area contributed by atoms with E-state index in [-0.39, 0.29) is 19.3 Å². The lowest BCUT2D eigenvalue weighted by Gasteiger charge is -2.10. The Morgan fingerprint density at radius 1 is 1.00 bits per heavy atom. The number of rotatable bonds is 6. The van der Waals surface area contributed by atoms with Gasteiger partial charge in [-0.15, -0.1) is 0 Å². The third kappa shape index (κ3) is 4.12. The van der Waals surface area contributed by atoms with Crippen molar-refractivity contribution < 1.29 is 19.0 Å². The fourth-order valence-corrected chi connectivity index (χ4v) is 2.80. The van der Waals surface area contributed by atoms with E-state index >= 15 is 0 Å². The Bertz CT molecular complexity index is 1000. The third-order valence-electron chi connectivity index (χ3n) is 4.13. The smallest absolute Gasteiger partial charge is 0.277 e. The highest BCUT2D eigenvalue weighted by Crippen LogP contribution is 2.32. The van der Waals surface area contributed by atoms with Crippen LogP contribution in [0.2, 0.25) is 0 Å². The largest absolute Gasteiger partial charge is 0.483 e. The molecule has 0 radical (unpaired) electrons. The molecular weight excluding hydrogens is 356 g/mol. The number of carbonyl (C=O) groups excluding carboxylic acids is 1. The minimum Gasteiger partial charge on any atom is -0.483 e. The predicted octanol–water partition coefficient (Wildman–Crippen LogP) is 3.61. The number of benzene rings is 3. The Labute approximate surface area is 162 Å². The van der Waals surface area contributed by atoms with Crippen LogP contribution in [-0.2, 0) is 4.79 Å². The normalized spacial score (nSPS) is 12.1. The van der Waals surface area contributed by atoms with Gasteiger partial charge >= 0.3 is 0 Å². The van der Waals surface area contributed by atoms with E-state index in [2.05, 4.69) is 10.5 Å². The van der Waals surface area contributed by atoms with E-state index in [1.807, 2.05) is 60.7 Å². The molecule has 1 heterocycles. The molecule has 1 aliphatic rings. The Kier molecular flexibility index (Phi) is 5.20. The first kappa shape index (κ1) is 17.6. The first-order valence-electron chi connectivity index (χ1n) is 8.78. The van der Waals surface area contributed by atoms with Crippen molar-refractivity contribution in [2.45, 2.75) is 0 Å². The van der Waals surface area contributed by atoms with Crippen LogP contribution in [0.3, 0.4) is 0 Å². The van der Waals surface area contributed by atoms with Crippen molar-refractivity contribution in [2.24, 2.45) is 5.10 Å². The van der Waals surface area contributed by atoms with Gasteiger partial charge in [0.05, 0.1) is 6.21 Å². The fourth-order valence-electron chi connectivity index (χ4n) is 2.80. The Balaban J connectivity index is 1.34. The monoisotopic (exact) mass is 374 g/mol. The summed E-state index contributed by atoms with van der Waals surface area (Å²) in [6, 6.07) is 22.9. The molecule has 3 aromatic carbocycles. The SMILES string of the molecule is O=C(COc1ccccc1-c1ccccc1)N/N=C/c1ccc2c(c1)OCO2. The molecule has 0 atom stereocenters. The second-order valence-electron chi connectivity index (χ2n) is 6.06. The van der Waals surface area contributed by atoms with Gasteiger partial charge in [0.2, 0.25) is 6.79 Å². The summed E-state index contributed by atoms with van der Waals surface area (Å²) >= 11 is 0. The molecule has 6 nitrogen and oxygen atoms in total. The predicted molar refractivity (Wildman–Crippen MR) is 106 cm³/mol. The number of nitrogens with one attached hydrogen (secondary N) is 1. The maximum atomic E-state index is 12.0. The summed E-state index contributed by atoms with van der Waals surface area (Å²) < 4.78 is 16.3. The average molecular weight is 374 g/mol. The van der Waals surface area contributed by atoms with E-state index < -0.39 is 0 Å². The van der Waals surface area contributed by atoms with E-state index in [9.17, 15) is 4.79 Å². The third-order valence-corrected chi connectivity index (χ3v) is 4.13. The number of ether oxygens (including phenoxy) is 3. The van der Waals surface area contributed by atoms with Crippen molar-refractivity contribution in [1.82, 2.24) is 5.43 Å². The number of carbonyl (C=O) groups is 1. The van der Waals surface area contributed by atoms with Gasteiger partial charge in [0, 0.05) is 5.56 Å². The number of hydrogen-bond donors (Lipinski definition) is 1. The molecule has 1 amide bonds. The molecule has 0 fully saturated rings. The van der Waals surface area contributed by atoms with Crippen molar-refractivity contribution >= 4 is 12.1 Å². The van der Waals surface area contributed by atoms with Gasteiger partial charge < -0.3 is 14.2 Å². The van der Waals surface area contributed by atoms with Gasteiger partial charge in [0.1, 0.15) is 5.75 Å². The molecule has 140 valence electrons. The molecule has 0 unspecified atom stereocenters. The molecule has 1 aliphatic heterocycles. The van der Waals surface area contributed by atoms with Gasteiger partial charge in [-0.25, -0.2) is 5.43 Å². The van der Waals surface area contributed by atoms with Crippen molar-refractivity contribution in [3.05, 3.63) is 78.4 Å². The molecule has 0 aliphatic carbocycles. The maximum Gasteiger partial charge on any atom is 0.277 e. The summed E-state index contributed by atoms with van der Waals surface area (Å²) in [5.41, 5.74) is 5.21. The van der Waals surface area contributed by atoms with Crippen LogP contribution in [0.5, 0.6) is 17.2 Å². The second kappa shape index (κ2) is 8.26. The summed E-state index contributed by atoms with van der Waals surface area (Å²) in [4.78, 5) is 12.0. The van der Waals surface area contributed by atoms with E-state index in [0.717, 1.165) is 16.7 Å². The Morgan fingerprint density at radius 3 is 2.68 bits per heavy atom. The average Bonchev–Trinajstić information content (AvgIpc) is 3.21. The van der Waals surface area contributed by atoms with Gasteiger partial charge in [-0.3, -0.25) is 4.79 Å². The van der Waals surface area contributed by atoms with Crippen LogP contribution in [-0.4, -0.2) is 25.5 Å². The topological polar surface area (TPSA) is 69.2 Å². The molecule has 0 saturated carbocycles. The van der Waals surface area contributed by atoms with Crippen molar-refractivity contribution in [3.63, 3.8) is 0 Å². The highest BCUT2D eigenvalue weighted by molar-refractivity contribution is 5.84. The van der Waals surface area contributed by atoms with Crippen molar-refractivity contribution in [2.75, 3.05) is 13.4 Å². The molecule has 0 saturated heterocycles. The van der Waals surface area contributed by atoms with Crippen LogP contribution >= 0.6 is 0 Å². The molecule has 6 heteroatoms. The van der Waals surface area contributed by atoms with Gasteiger partial charge in [0.15, 0.2) is 18.1 Å². The number of hydrogen-bond acceptors (Lipinski definition) is 5. The van der Waals surface area contributed by atoms with Gasteiger partial charge in [0.25, 0.3) is 5.91 Å². The van der Waals surface area contributed by atoms with Crippen LogP contribution in [0.4, 0.5) is 0 Å². The number of amides is 1. The molecule has 0 bridgehead atoms. The molecule has 0 aromatic heterocycles. The standard InChI is InChI=1S/C22H18N2O4/c25-22(24-23-13-16-10-11-20-21(12-16)28-15-27-20)14-26-19-9-5-4-8-18(19)17-6-2-1-3-7-17/h1-13H,14-15H2,(H,24,25)/b23-13+. The number of fused-ring (bicyclic) bond motifs is 1. The highest BCUT2D eigenvalue weighted by Gasteiger charge is 2.12. The zero-order chi connectivity index (χ0) is 19.2. The molecular formula is C22H18N2O4. The minimum atomic E-state index is -0.347. The summed E-state index contributed by atoms with van der Waals surface area (Å²) in [6.45, 7) is 0.0801. The Hall–Kier alpha value is -3.80. The summed E-state index contributed by atoms with van der Waals surface area (Å²) in [5, 5.41) is 3.96. The van der Waals surface area contributed by atoms with E-state index in [0.29, 0.717) is 17.2 Å². The van der Waals surface area contributed by atoms with Crippen LogP contribution in [0.1, 0.15) is 5.56 Å². The molecule has 1 N–H and O–H groups in total. The number of nitrogens with zero attached hydrogens (tertiary/aromatic N) is 1. The maximum absolute atomic E-state index is 12.0. The summed E-state index contributed by atoms with van der Waals surface area (Å²) in [6.07, 6.45) is 1.54. The van der Waals surface area contributed by atoms with Crippen LogP contribution < -0.4 is 19.6 Å². The second-order valence-corrected chi connectivity index (χ2v) is 6.06. The van der Waals surface area contributed by atoms with Crippen LogP contribution in [0.25, 0.3) is 11.1 Å². The lowest BCUT2D eigenvalue weighted by Crippen LogP contribution is -2.24. The molecule has 28 heavy (non-hydrogen) atoms. The quantitative estimate of drug-likeness (QED) is 0.529. The summed E-state index contributed by atoms with van der Waals surface area (Å²) in [5.74, 6) is 1.66. The van der Waals surface area contributed by atoms with E-state index in [4.69, 9.17) is 14.2 Å². The van der Waals surface area contributed by atoms with Crippen LogP contribution in [0.15, 0.2) is 77.9 Å². The molecule has 0 spiro atoms. The van der Waals surface area contributed by atoms with Gasteiger partial charge in [-0.2, -0.15) is 5.10 Å². The minimum absolute atomic E-state index is 0.137. The molecule has 4 rings (SSSR count). The highest BCUT2D eigenvalue weighted by atomic mass is 16.7. The zero-order valence-corrected chi connectivity index (χ0v) is 15.0. The van der Waals surface area contributed by atoms with E-state index in [1.54, 1.807) is 12.1 Å². The van der Waals surface area contributed by atoms with E-state index in [1.165, 1.54) is 6.21 Å². The van der Waals surface area contributed by atoms with Crippen molar-refractivity contribution in [1.29, 1.82) is 0 Å².